The van der Waals surface area contributed by atoms with Crippen molar-refractivity contribution < 1.29 is 29.6 Å². The van der Waals surface area contributed by atoms with Gasteiger partial charge in [0, 0.05) is 0 Å². The van der Waals surface area contributed by atoms with Crippen LogP contribution in [0.5, 0.6) is 0 Å². The van der Waals surface area contributed by atoms with E-state index in [-0.39, 0.29) is 47.9 Å². The zero-order valence-electron chi connectivity index (χ0n) is 12.6. The summed E-state index contributed by atoms with van der Waals surface area (Å²) < 4.78 is 0. The maximum Gasteiger partial charge on any atom is 2.00 e. The van der Waals surface area contributed by atoms with Crippen LogP contribution in [0.1, 0.15) is 0 Å². The average molecular weight is 372 g/mol. The molecule has 0 aliphatic carbocycles. The van der Waals surface area contributed by atoms with Crippen molar-refractivity contribution in [1.29, 1.82) is 0 Å². The van der Waals surface area contributed by atoms with Crippen LogP contribution < -0.4 is 40.4 Å². The van der Waals surface area contributed by atoms with Gasteiger partial charge < -0.3 is 29.6 Å². The topological polar surface area (TPSA) is 20.2 Å². The zero-order chi connectivity index (χ0) is 13.8. The van der Waals surface area contributed by atoms with E-state index in [1.165, 1.54) is 0 Å². The standard InChI is InChI=1S/C18H16OSi.2ClH.Mg/c19-20(16-10-4-1-5-11-16,17-12-6-2-7-13-17)18-14-8-3-9-15-18;;;/h1-15,19H;2*1H;/q;;;+2/p-2. The summed E-state index contributed by atoms with van der Waals surface area (Å²) in [5, 5.41) is 3.03. The van der Waals surface area contributed by atoms with Gasteiger partial charge in [-0.15, -0.1) is 0 Å². The van der Waals surface area contributed by atoms with Crippen molar-refractivity contribution in [3.05, 3.63) is 91.0 Å². The first kappa shape index (κ1) is 22.2. The fourth-order valence-electron chi connectivity index (χ4n) is 2.54. The van der Waals surface area contributed by atoms with Crippen LogP contribution in [0.15, 0.2) is 91.0 Å². The Bertz CT molecular complexity index is 584. The first-order chi connectivity index (χ1) is 9.82. The number of hydrogen-bond donors (Lipinski definition) is 1. The van der Waals surface area contributed by atoms with E-state index in [1.54, 1.807) is 0 Å². The molecule has 1 nitrogen and oxygen atoms in total. The van der Waals surface area contributed by atoms with E-state index in [4.69, 9.17) is 0 Å². The van der Waals surface area contributed by atoms with Crippen molar-refractivity contribution >= 4 is 46.9 Å². The molecule has 0 fully saturated rings. The van der Waals surface area contributed by atoms with Crippen molar-refractivity contribution in [2.75, 3.05) is 0 Å². The van der Waals surface area contributed by atoms with Crippen molar-refractivity contribution in [1.82, 2.24) is 0 Å². The van der Waals surface area contributed by atoms with Gasteiger partial charge in [-0.2, -0.15) is 0 Å². The third kappa shape index (κ3) is 4.60. The fourth-order valence-corrected chi connectivity index (χ4v) is 5.56. The van der Waals surface area contributed by atoms with E-state index in [1.807, 2.05) is 91.0 Å². The summed E-state index contributed by atoms with van der Waals surface area (Å²) in [6.07, 6.45) is 0. The molecule has 3 aromatic carbocycles. The minimum atomic E-state index is -2.88. The third-order valence-electron chi connectivity index (χ3n) is 3.57. The van der Waals surface area contributed by atoms with Gasteiger partial charge in [-0.25, -0.2) is 0 Å². The van der Waals surface area contributed by atoms with Crippen molar-refractivity contribution in [3.63, 3.8) is 0 Å². The molecule has 0 unspecified atom stereocenters. The van der Waals surface area contributed by atoms with Crippen LogP contribution >= 0.6 is 0 Å². The molecule has 0 aliphatic heterocycles. The maximum atomic E-state index is 11.6. The van der Waals surface area contributed by atoms with Crippen LogP contribution in [0.25, 0.3) is 0 Å². The Hall–Kier alpha value is -0.817. The Morgan fingerprint density at radius 3 is 0.913 bits per heavy atom. The molecule has 0 atom stereocenters. The monoisotopic (exact) mass is 370 g/mol. The molecule has 0 saturated heterocycles. The predicted molar refractivity (Wildman–Crippen MR) is 92.0 cm³/mol. The Kier molecular flexibility index (Phi) is 9.77. The molecule has 5 heteroatoms. The second-order valence-electron chi connectivity index (χ2n) is 4.81. The minimum absolute atomic E-state index is 0. The molecule has 1 N–H and O–H groups in total. The summed E-state index contributed by atoms with van der Waals surface area (Å²) in [5.41, 5.74) is 0. The molecule has 0 aliphatic rings. The Morgan fingerprint density at radius 1 is 0.478 bits per heavy atom. The average Bonchev–Trinajstić information content (AvgIpc) is 2.56. The van der Waals surface area contributed by atoms with Crippen molar-refractivity contribution in [3.8, 4) is 0 Å². The van der Waals surface area contributed by atoms with Crippen LogP contribution in [0, 0.1) is 0 Å². The summed E-state index contributed by atoms with van der Waals surface area (Å²) in [5.74, 6) is 0. The number of rotatable bonds is 3. The molecular weight excluding hydrogens is 355 g/mol. The molecule has 0 amide bonds. The van der Waals surface area contributed by atoms with E-state index in [9.17, 15) is 4.80 Å². The van der Waals surface area contributed by atoms with E-state index in [0.717, 1.165) is 15.6 Å². The van der Waals surface area contributed by atoms with Gasteiger partial charge in [0.15, 0.2) is 0 Å². The van der Waals surface area contributed by atoms with Crippen molar-refractivity contribution in [2.45, 2.75) is 0 Å². The van der Waals surface area contributed by atoms with Gasteiger partial charge in [-0.1, -0.05) is 91.0 Å². The molecule has 0 bridgehead atoms. The van der Waals surface area contributed by atoms with E-state index >= 15 is 0 Å². The molecule has 3 aromatic rings. The summed E-state index contributed by atoms with van der Waals surface area (Å²) in [7, 11) is -2.88. The third-order valence-corrected chi connectivity index (χ3v) is 7.08. The molecule has 0 radical (unpaired) electrons. The molecular formula is C18H16Cl2MgOSi. The second kappa shape index (κ2) is 10.1. The van der Waals surface area contributed by atoms with Crippen LogP contribution in [-0.4, -0.2) is 36.2 Å². The van der Waals surface area contributed by atoms with E-state index < -0.39 is 8.32 Å². The summed E-state index contributed by atoms with van der Waals surface area (Å²) >= 11 is 0. The predicted octanol–water partition coefficient (Wildman–Crippen LogP) is -4.73. The molecule has 3 rings (SSSR count). The van der Waals surface area contributed by atoms with Gasteiger partial charge in [0.05, 0.1) is 0 Å². The molecule has 0 spiro atoms. The van der Waals surface area contributed by atoms with Crippen LogP contribution in [-0.2, 0) is 0 Å². The van der Waals surface area contributed by atoms with Gasteiger partial charge in [-0.05, 0) is 15.6 Å². The molecule has 0 saturated carbocycles. The molecule has 0 heterocycles. The van der Waals surface area contributed by atoms with Gasteiger partial charge in [0.1, 0.15) is 0 Å². The van der Waals surface area contributed by atoms with Gasteiger partial charge in [-0.3, -0.25) is 0 Å². The first-order valence-corrected chi connectivity index (χ1v) is 8.65. The Labute approximate surface area is 166 Å². The zero-order valence-corrected chi connectivity index (χ0v) is 16.5. The van der Waals surface area contributed by atoms with Crippen LogP contribution in [0.3, 0.4) is 0 Å². The minimum Gasteiger partial charge on any atom is -1.00 e. The van der Waals surface area contributed by atoms with Gasteiger partial charge in [0.25, 0.3) is 8.32 Å². The maximum absolute atomic E-state index is 11.6. The first-order valence-electron chi connectivity index (χ1n) is 6.71. The number of halogens is 2. The fraction of sp³-hybridized carbons (Fsp3) is 0. The number of hydrogen-bond acceptors (Lipinski definition) is 1. The van der Waals surface area contributed by atoms with Crippen LogP contribution in [0.4, 0.5) is 0 Å². The largest absolute Gasteiger partial charge is 2.00 e. The van der Waals surface area contributed by atoms with Gasteiger partial charge in [0.2, 0.25) is 0 Å². The molecule has 23 heavy (non-hydrogen) atoms. The Morgan fingerprint density at radius 2 is 0.696 bits per heavy atom. The smallest absolute Gasteiger partial charge is 1.00 e. The SMILES string of the molecule is O[Si](c1ccccc1)(c1ccccc1)c1ccccc1.[Cl-].[Cl-].[Mg+2]. The second-order valence-corrected chi connectivity index (χ2v) is 7.96. The van der Waals surface area contributed by atoms with Crippen LogP contribution in [0.2, 0.25) is 0 Å². The summed E-state index contributed by atoms with van der Waals surface area (Å²) in [6, 6.07) is 30.0. The number of benzene rings is 3. The van der Waals surface area contributed by atoms with E-state index in [0.29, 0.717) is 0 Å². The summed E-state index contributed by atoms with van der Waals surface area (Å²) in [6.45, 7) is 0. The molecule has 114 valence electrons. The van der Waals surface area contributed by atoms with Gasteiger partial charge >= 0.3 is 23.1 Å². The molecule has 0 aromatic heterocycles. The Balaban J connectivity index is 0.00000161. The van der Waals surface area contributed by atoms with E-state index in [2.05, 4.69) is 0 Å². The quantitative estimate of drug-likeness (QED) is 0.362. The van der Waals surface area contributed by atoms with Crippen molar-refractivity contribution in [2.24, 2.45) is 0 Å². The summed E-state index contributed by atoms with van der Waals surface area (Å²) in [4.78, 5) is 11.6. The normalized spacial score (nSPS) is 9.78.